The summed E-state index contributed by atoms with van der Waals surface area (Å²) in [7, 11) is 1.26. The van der Waals surface area contributed by atoms with Gasteiger partial charge in [0.1, 0.15) is 4.88 Å². The number of carbonyl (C=O) groups is 4. The summed E-state index contributed by atoms with van der Waals surface area (Å²) in [5.41, 5.74) is 1.66. The number of hydrogen-bond acceptors (Lipinski definition) is 9. The van der Waals surface area contributed by atoms with Crippen LogP contribution in [0.25, 0.3) is 6.08 Å². The van der Waals surface area contributed by atoms with Crippen molar-refractivity contribution in [3.05, 3.63) is 99.3 Å². The third kappa shape index (κ3) is 5.12. The van der Waals surface area contributed by atoms with E-state index in [9.17, 15) is 24.3 Å². The first-order valence-electron chi connectivity index (χ1n) is 11.6. The molecule has 1 atom stereocenters. The maximum Gasteiger partial charge on any atom is 0.350 e. The van der Waals surface area contributed by atoms with Gasteiger partial charge in [-0.3, -0.25) is 14.5 Å². The molecular formula is C28H24N2O7S. The summed E-state index contributed by atoms with van der Waals surface area (Å²) >= 11 is 0.923. The molecule has 3 aromatic rings. The Balaban J connectivity index is 1.79. The van der Waals surface area contributed by atoms with Crippen molar-refractivity contribution in [1.29, 1.82) is 0 Å². The van der Waals surface area contributed by atoms with Crippen LogP contribution in [0.1, 0.15) is 49.8 Å². The minimum atomic E-state index is -1.07. The first kappa shape index (κ1) is 26.5. The monoisotopic (exact) mass is 532 g/mol. The zero-order valence-corrected chi connectivity index (χ0v) is 21.7. The minimum absolute atomic E-state index is 0.110. The van der Waals surface area contributed by atoms with Gasteiger partial charge in [-0.15, -0.1) is 0 Å². The molecule has 1 aliphatic heterocycles. The summed E-state index contributed by atoms with van der Waals surface area (Å²) < 4.78 is 9.83. The Hall–Kier alpha value is -4.57. The van der Waals surface area contributed by atoms with Gasteiger partial charge in [0.15, 0.2) is 16.7 Å². The summed E-state index contributed by atoms with van der Waals surface area (Å²) in [4.78, 5) is 56.8. The largest absolute Gasteiger partial charge is 0.503 e. The molecule has 10 heteroatoms. The van der Waals surface area contributed by atoms with E-state index >= 15 is 0 Å². The second-order valence-electron chi connectivity index (χ2n) is 8.19. The lowest BCUT2D eigenvalue weighted by Gasteiger charge is -2.24. The summed E-state index contributed by atoms with van der Waals surface area (Å²) in [5, 5.41) is 11.0. The molecule has 2 aromatic carbocycles. The van der Waals surface area contributed by atoms with E-state index in [1.807, 2.05) is 30.3 Å². The van der Waals surface area contributed by atoms with Gasteiger partial charge in [0.05, 0.1) is 36.6 Å². The molecular weight excluding hydrogens is 508 g/mol. The molecule has 0 saturated carbocycles. The fourth-order valence-corrected chi connectivity index (χ4v) is 4.97. The topological polar surface area (TPSA) is 123 Å². The molecule has 1 aliphatic rings. The van der Waals surface area contributed by atoms with E-state index in [-0.39, 0.29) is 27.8 Å². The van der Waals surface area contributed by atoms with Crippen molar-refractivity contribution in [1.82, 2.24) is 4.98 Å². The molecule has 0 spiro atoms. The molecule has 0 saturated heterocycles. The molecule has 0 aliphatic carbocycles. The van der Waals surface area contributed by atoms with Gasteiger partial charge in [0.2, 0.25) is 0 Å². The number of carbonyl (C=O) groups excluding carboxylic acids is 4. The smallest absolute Gasteiger partial charge is 0.350 e. The number of hydrogen-bond donors (Lipinski definition) is 1. The zero-order chi connectivity index (χ0) is 27.4. The van der Waals surface area contributed by atoms with E-state index < -0.39 is 35.4 Å². The average molecular weight is 533 g/mol. The molecule has 38 heavy (non-hydrogen) atoms. The van der Waals surface area contributed by atoms with Gasteiger partial charge in [-0.2, -0.15) is 0 Å². The highest BCUT2D eigenvalue weighted by Gasteiger charge is 2.45. The average Bonchev–Trinajstić information content (AvgIpc) is 3.44. The van der Waals surface area contributed by atoms with Crippen molar-refractivity contribution in [3.63, 3.8) is 0 Å². The molecule has 1 unspecified atom stereocenters. The normalized spacial score (nSPS) is 15.3. The number of aliphatic hydroxyl groups is 1. The van der Waals surface area contributed by atoms with Crippen LogP contribution in [0.2, 0.25) is 0 Å². The highest BCUT2D eigenvalue weighted by Crippen LogP contribution is 2.43. The maximum atomic E-state index is 13.4. The van der Waals surface area contributed by atoms with Crippen LogP contribution in [0.5, 0.6) is 0 Å². The zero-order valence-electron chi connectivity index (χ0n) is 20.8. The molecule has 1 amide bonds. The molecule has 1 aromatic heterocycles. The second-order valence-corrected chi connectivity index (χ2v) is 9.17. The second kappa shape index (κ2) is 11.2. The highest BCUT2D eigenvalue weighted by atomic mass is 32.1. The van der Waals surface area contributed by atoms with Crippen LogP contribution in [0.3, 0.4) is 0 Å². The van der Waals surface area contributed by atoms with Crippen molar-refractivity contribution < 1.29 is 33.8 Å². The first-order chi connectivity index (χ1) is 18.3. The number of rotatable bonds is 8. The minimum Gasteiger partial charge on any atom is -0.503 e. The number of aryl methyl sites for hydroxylation is 1. The van der Waals surface area contributed by atoms with E-state index in [1.165, 1.54) is 30.2 Å². The number of amides is 1. The van der Waals surface area contributed by atoms with Gasteiger partial charge in [0, 0.05) is 0 Å². The third-order valence-corrected chi connectivity index (χ3v) is 6.94. The number of methoxy groups -OCH3 is 1. The van der Waals surface area contributed by atoms with E-state index in [0.717, 1.165) is 16.9 Å². The van der Waals surface area contributed by atoms with E-state index in [0.29, 0.717) is 11.3 Å². The Morgan fingerprint density at radius 2 is 1.76 bits per heavy atom. The maximum absolute atomic E-state index is 13.4. The van der Waals surface area contributed by atoms with Crippen molar-refractivity contribution in [2.24, 2.45) is 0 Å². The SMILES string of the molecule is CCOC(=O)c1sc(N2C(=O)C(O)=C(C(=O)/C=C/c3ccccc3)C2c2ccc(C(=O)OC)cc2)nc1C. The van der Waals surface area contributed by atoms with Crippen LogP contribution in [0.15, 0.2) is 72.0 Å². The quantitative estimate of drug-likeness (QED) is 0.330. The Labute approximate surface area is 222 Å². The van der Waals surface area contributed by atoms with Crippen LogP contribution in [0, 0.1) is 6.92 Å². The lowest BCUT2D eigenvalue weighted by molar-refractivity contribution is -0.117. The van der Waals surface area contributed by atoms with E-state index in [1.54, 1.807) is 32.1 Å². The van der Waals surface area contributed by atoms with Crippen LogP contribution < -0.4 is 4.90 Å². The van der Waals surface area contributed by atoms with Crippen molar-refractivity contribution in [2.45, 2.75) is 19.9 Å². The molecule has 4 rings (SSSR count). The Morgan fingerprint density at radius 3 is 2.39 bits per heavy atom. The van der Waals surface area contributed by atoms with Crippen LogP contribution in [-0.2, 0) is 19.1 Å². The highest BCUT2D eigenvalue weighted by molar-refractivity contribution is 7.17. The molecule has 0 bridgehead atoms. The molecule has 9 nitrogen and oxygen atoms in total. The predicted octanol–water partition coefficient (Wildman–Crippen LogP) is 4.60. The number of nitrogens with zero attached hydrogens (tertiary/aromatic N) is 2. The summed E-state index contributed by atoms with van der Waals surface area (Å²) in [5.74, 6) is -3.28. The number of thiazole rings is 1. The molecule has 1 N–H and O–H groups in total. The van der Waals surface area contributed by atoms with Crippen molar-refractivity contribution in [3.8, 4) is 0 Å². The number of benzene rings is 2. The van der Waals surface area contributed by atoms with E-state index in [2.05, 4.69) is 4.98 Å². The number of aliphatic hydroxyl groups excluding tert-OH is 1. The summed E-state index contributed by atoms with van der Waals surface area (Å²) in [6, 6.07) is 14.2. The molecule has 0 radical (unpaired) electrons. The van der Waals surface area contributed by atoms with Crippen LogP contribution in [0.4, 0.5) is 5.13 Å². The molecule has 194 valence electrons. The molecule has 2 heterocycles. The van der Waals surface area contributed by atoms with Crippen LogP contribution in [-0.4, -0.2) is 47.4 Å². The Morgan fingerprint density at radius 1 is 1.08 bits per heavy atom. The number of anilines is 1. The molecule has 0 fully saturated rings. The fraction of sp³-hybridized carbons (Fsp3) is 0.179. The van der Waals surface area contributed by atoms with Gasteiger partial charge in [-0.05, 0) is 43.2 Å². The summed E-state index contributed by atoms with van der Waals surface area (Å²) in [6.07, 6.45) is 2.87. The Kier molecular flexibility index (Phi) is 7.82. The number of aromatic nitrogens is 1. The van der Waals surface area contributed by atoms with Gasteiger partial charge in [0.25, 0.3) is 5.91 Å². The predicted molar refractivity (Wildman–Crippen MR) is 141 cm³/mol. The fourth-order valence-electron chi connectivity index (χ4n) is 3.99. The number of allylic oxidation sites excluding steroid dienone is 1. The van der Waals surface area contributed by atoms with Crippen molar-refractivity contribution in [2.75, 3.05) is 18.6 Å². The van der Waals surface area contributed by atoms with Gasteiger partial charge in [-0.25, -0.2) is 14.6 Å². The third-order valence-electron chi connectivity index (χ3n) is 5.80. The number of esters is 2. The lowest BCUT2D eigenvalue weighted by atomic mass is 9.95. The Bertz CT molecular complexity index is 1460. The lowest BCUT2D eigenvalue weighted by Crippen LogP contribution is -2.30. The van der Waals surface area contributed by atoms with Crippen LogP contribution >= 0.6 is 11.3 Å². The van der Waals surface area contributed by atoms with E-state index in [4.69, 9.17) is 9.47 Å². The van der Waals surface area contributed by atoms with Gasteiger partial charge in [-0.1, -0.05) is 59.9 Å². The number of ketones is 1. The number of ether oxygens (including phenoxy) is 2. The van der Waals surface area contributed by atoms with Gasteiger partial charge < -0.3 is 14.6 Å². The first-order valence-corrected chi connectivity index (χ1v) is 12.4. The summed E-state index contributed by atoms with van der Waals surface area (Å²) in [6.45, 7) is 3.45. The van der Waals surface area contributed by atoms with Crippen molar-refractivity contribution >= 4 is 46.2 Å². The standard InChI is InChI=1S/C28H24N2O7S/c1-4-37-27(35)24-16(2)29-28(38-24)30-22(18-11-13-19(14-12-18)26(34)36-3)21(23(32)25(30)33)20(31)15-10-17-8-6-5-7-9-17/h5-15,22,32H,4H2,1-3H3/b15-10+. The van der Waals surface area contributed by atoms with Gasteiger partial charge >= 0.3 is 11.9 Å².